The van der Waals surface area contributed by atoms with Crippen LogP contribution >= 0.6 is 0 Å². The van der Waals surface area contributed by atoms with Gasteiger partial charge in [0.25, 0.3) is 0 Å². The lowest BCUT2D eigenvalue weighted by molar-refractivity contribution is -0.126. The highest BCUT2D eigenvalue weighted by atomic mass is 16.3. The van der Waals surface area contributed by atoms with E-state index in [1.807, 2.05) is 30.3 Å². The lowest BCUT2D eigenvalue weighted by Crippen LogP contribution is -2.40. The predicted octanol–water partition coefficient (Wildman–Crippen LogP) is 2.20. The van der Waals surface area contributed by atoms with Crippen LogP contribution in [0.4, 0.5) is 0 Å². The zero-order valence-corrected chi connectivity index (χ0v) is 10.9. The van der Waals surface area contributed by atoms with Crippen molar-refractivity contribution in [2.75, 3.05) is 6.54 Å². The Kier molecular flexibility index (Phi) is 4.02. The Balaban J connectivity index is 1.90. The van der Waals surface area contributed by atoms with Crippen molar-refractivity contribution < 1.29 is 9.90 Å². The minimum atomic E-state index is -1.00. The van der Waals surface area contributed by atoms with Crippen LogP contribution in [0.3, 0.4) is 0 Å². The van der Waals surface area contributed by atoms with E-state index >= 15 is 0 Å². The average molecular weight is 247 g/mol. The minimum absolute atomic E-state index is 0.0868. The zero-order valence-electron chi connectivity index (χ0n) is 10.9. The molecule has 1 fully saturated rings. The molecule has 0 bridgehead atoms. The Bertz CT molecular complexity index is 394. The molecule has 98 valence electrons. The van der Waals surface area contributed by atoms with E-state index in [2.05, 4.69) is 5.32 Å². The molecule has 0 spiro atoms. The Morgan fingerprint density at radius 1 is 1.33 bits per heavy atom. The molecule has 1 amide bonds. The summed E-state index contributed by atoms with van der Waals surface area (Å²) in [6.45, 7) is 2.00. The van der Waals surface area contributed by atoms with Gasteiger partial charge in [-0.25, -0.2) is 0 Å². The third kappa shape index (κ3) is 3.10. The van der Waals surface area contributed by atoms with Gasteiger partial charge in [-0.3, -0.25) is 4.79 Å². The maximum Gasteiger partial charge on any atom is 0.223 e. The molecule has 0 saturated heterocycles. The summed E-state index contributed by atoms with van der Waals surface area (Å²) >= 11 is 0. The SMILES string of the molecule is C[C@@](O)(CNC(=O)C1CCCC1)c1ccccc1. The number of hydrogen-bond acceptors (Lipinski definition) is 2. The van der Waals surface area contributed by atoms with Gasteiger partial charge in [0.2, 0.25) is 5.91 Å². The van der Waals surface area contributed by atoms with Gasteiger partial charge in [0.05, 0.1) is 6.54 Å². The van der Waals surface area contributed by atoms with Gasteiger partial charge in [-0.15, -0.1) is 0 Å². The normalized spacial score (nSPS) is 19.4. The number of hydrogen-bond donors (Lipinski definition) is 2. The fraction of sp³-hybridized carbons (Fsp3) is 0.533. The largest absolute Gasteiger partial charge is 0.384 e. The highest BCUT2D eigenvalue weighted by Crippen LogP contribution is 2.25. The maximum absolute atomic E-state index is 11.9. The van der Waals surface area contributed by atoms with E-state index in [-0.39, 0.29) is 18.4 Å². The molecule has 18 heavy (non-hydrogen) atoms. The zero-order chi connectivity index (χ0) is 13.0. The van der Waals surface area contributed by atoms with E-state index in [0.717, 1.165) is 31.2 Å². The van der Waals surface area contributed by atoms with Crippen LogP contribution in [-0.2, 0) is 10.4 Å². The van der Waals surface area contributed by atoms with Gasteiger partial charge in [0, 0.05) is 5.92 Å². The van der Waals surface area contributed by atoms with E-state index in [4.69, 9.17) is 0 Å². The summed E-state index contributed by atoms with van der Waals surface area (Å²) in [6, 6.07) is 9.45. The van der Waals surface area contributed by atoms with Crippen LogP contribution in [0.1, 0.15) is 38.2 Å². The second kappa shape index (κ2) is 5.53. The Hall–Kier alpha value is -1.35. The molecule has 0 aromatic heterocycles. The Labute approximate surface area is 108 Å². The van der Waals surface area contributed by atoms with Crippen LogP contribution < -0.4 is 5.32 Å². The van der Waals surface area contributed by atoms with E-state index in [1.165, 1.54) is 0 Å². The molecule has 1 aliphatic rings. The minimum Gasteiger partial charge on any atom is -0.384 e. The second-order valence-electron chi connectivity index (χ2n) is 5.34. The molecule has 1 atom stereocenters. The first kappa shape index (κ1) is 13.1. The first-order chi connectivity index (χ1) is 8.59. The van der Waals surface area contributed by atoms with Gasteiger partial charge in [0.1, 0.15) is 5.60 Å². The van der Waals surface area contributed by atoms with Gasteiger partial charge in [-0.2, -0.15) is 0 Å². The number of amides is 1. The van der Waals surface area contributed by atoms with Crippen molar-refractivity contribution in [2.45, 2.75) is 38.2 Å². The number of aliphatic hydroxyl groups is 1. The molecule has 3 heteroatoms. The predicted molar refractivity (Wildman–Crippen MR) is 71.0 cm³/mol. The van der Waals surface area contributed by atoms with Gasteiger partial charge < -0.3 is 10.4 Å². The fourth-order valence-electron chi connectivity index (χ4n) is 2.49. The van der Waals surface area contributed by atoms with Crippen molar-refractivity contribution in [3.8, 4) is 0 Å². The highest BCUT2D eigenvalue weighted by Gasteiger charge is 2.27. The number of benzene rings is 1. The van der Waals surface area contributed by atoms with E-state index < -0.39 is 5.60 Å². The summed E-state index contributed by atoms with van der Waals surface area (Å²) in [4.78, 5) is 11.9. The van der Waals surface area contributed by atoms with Crippen molar-refractivity contribution in [2.24, 2.45) is 5.92 Å². The summed E-state index contributed by atoms with van der Waals surface area (Å²) in [5, 5.41) is 13.2. The highest BCUT2D eigenvalue weighted by molar-refractivity contribution is 5.78. The van der Waals surface area contributed by atoms with Crippen molar-refractivity contribution in [3.05, 3.63) is 35.9 Å². The van der Waals surface area contributed by atoms with Crippen molar-refractivity contribution in [1.29, 1.82) is 0 Å². The van der Waals surface area contributed by atoms with Crippen LogP contribution in [0.25, 0.3) is 0 Å². The third-order valence-electron chi connectivity index (χ3n) is 3.73. The van der Waals surface area contributed by atoms with Gasteiger partial charge in [0.15, 0.2) is 0 Å². The molecule has 0 unspecified atom stereocenters. The monoisotopic (exact) mass is 247 g/mol. The molecule has 0 aliphatic heterocycles. The number of nitrogens with one attached hydrogen (secondary N) is 1. The summed E-state index contributed by atoms with van der Waals surface area (Å²) in [5.41, 5.74) is -0.174. The lowest BCUT2D eigenvalue weighted by Gasteiger charge is -2.25. The molecule has 2 N–H and O–H groups in total. The van der Waals surface area contributed by atoms with E-state index in [1.54, 1.807) is 6.92 Å². The Morgan fingerprint density at radius 2 is 1.94 bits per heavy atom. The van der Waals surface area contributed by atoms with Crippen LogP contribution in [0.15, 0.2) is 30.3 Å². The first-order valence-corrected chi connectivity index (χ1v) is 6.65. The van der Waals surface area contributed by atoms with Gasteiger partial charge >= 0.3 is 0 Å². The topological polar surface area (TPSA) is 49.3 Å². The summed E-state index contributed by atoms with van der Waals surface area (Å²) in [6.07, 6.45) is 4.26. The molecule has 1 aromatic rings. The number of rotatable bonds is 4. The lowest BCUT2D eigenvalue weighted by atomic mass is 9.95. The van der Waals surface area contributed by atoms with Crippen LogP contribution in [0, 0.1) is 5.92 Å². The number of carbonyl (C=O) groups is 1. The van der Waals surface area contributed by atoms with Gasteiger partial charge in [-0.1, -0.05) is 43.2 Å². The molecule has 0 heterocycles. The summed E-state index contributed by atoms with van der Waals surface area (Å²) in [5.74, 6) is 0.236. The van der Waals surface area contributed by atoms with Crippen LogP contribution in [-0.4, -0.2) is 17.6 Å². The summed E-state index contributed by atoms with van der Waals surface area (Å²) in [7, 11) is 0. The third-order valence-corrected chi connectivity index (χ3v) is 3.73. The molecule has 1 aromatic carbocycles. The first-order valence-electron chi connectivity index (χ1n) is 6.65. The molecule has 2 rings (SSSR count). The van der Waals surface area contributed by atoms with E-state index in [0.29, 0.717) is 0 Å². The van der Waals surface area contributed by atoms with Crippen molar-refractivity contribution >= 4 is 5.91 Å². The van der Waals surface area contributed by atoms with Crippen LogP contribution in [0.2, 0.25) is 0 Å². The Morgan fingerprint density at radius 3 is 2.56 bits per heavy atom. The van der Waals surface area contributed by atoms with Gasteiger partial charge in [-0.05, 0) is 25.3 Å². The molecule has 1 aliphatic carbocycles. The maximum atomic E-state index is 11.9. The fourth-order valence-corrected chi connectivity index (χ4v) is 2.49. The molecular weight excluding hydrogens is 226 g/mol. The van der Waals surface area contributed by atoms with Crippen LogP contribution in [0.5, 0.6) is 0 Å². The van der Waals surface area contributed by atoms with E-state index in [9.17, 15) is 9.90 Å². The van der Waals surface area contributed by atoms with Crippen molar-refractivity contribution in [1.82, 2.24) is 5.32 Å². The number of carbonyl (C=O) groups excluding carboxylic acids is 1. The average Bonchev–Trinajstić information content (AvgIpc) is 2.91. The standard InChI is InChI=1S/C15H21NO2/c1-15(18,13-9-3-2-4-10-13)11-16-14(17)12-7-5-6-8-12/h2-4,9-10,12,18H,5-8,11H2,1H3,(H,16,17)/t15-/m1/s1. The smallest absolute Gasteiger partial charge is 0.223 e. The molecular formula is C15H21NO2. The van der Waals surface area contributed by atoms with Crippen molar-refractivity contribution in [3.63, 3.8) is 0 Å². The molecule has 0 radical (unpaired) electrons. The quantitative estimate of drug-likeness (QED) is 0.857. The second-order valence-corrected chi connectivity index (χ2v) is 5.34. The summed E-state index contributed by atoms with van der Waals surface area (Å²) < 4.78 is 0. The molecule has 1 saturated carbocycles. The molecule has 3 nitrogen and oxygen atoms in total.